The Morgan fingerprint density at radius 2 is 1.95 bits per heavy atom. The van der Waals surface area contributed by atoms with E-state index in [-0.39, 0.29) is 5.92 Å². The first kappa shape index (κ1) is 15.8. The topological polar surface area (TPSA) is 78.8 Å². The molecule has 3 N–H and O–H groups in total. The molecule has 0 aromatic heterocycles. The molecular weight excluding hydrogens is 270 g/mol. The number of carboxylic acid groups (broad SMARTS) is 1. The van der Waals surface area contributed by atoms with Crippen molar-refractivity contribution in [2.75, 3.05) is 19.7 Å². The molecule has 1 fully saturated rings. The third kappa shape index (κ3) is 5.02. The maximum atomic E-state index is 10.9. The Morgan fingerprint density at radius 3 is 2.57 bits per heavy atom. The van der Waals surface area contributed by atoms with E-state index in [1.165, 1.54) is 0 Å². The van der Waals surface area contributed by atoms with Gasteiger partial charge in [0.15, 0.2) is 0 Å². The Balaban J connectivity index is 1.61. The van der Waals surface area contributed by atoms with Crippen LogP contribution in [0, 0.1) is 5.92 Å². The predicted molar refractivity (Wildman–Crippen MR) is 79.4 cm³/mol. The SMILES string of the molecule is O=C(O)C1CCC(O)(CNCCOc2ccccc2)CC1. The number of ether oxygens (including phenoxy) is 1. The van der Waals surface area contributed by atoms with Crippen LogP contribution in [0.1, 0.15) is 25.7 Å². The van der Waals surface area contributed by atoms with Crippen molar-refractivity contribution in [2.45, 2.75) is 31.3 Å². The van der Waals surface area contributed by atoms with Crippen LogP contribution in [-0.2, 0) is 4.79 Å². The first-order chi connectivity index (χ1) is 10.1. The number of para-hydroxylation sites is 1. The number of nitrogens with one attached hydrogen (secondary N) is 1. The molecule has 5 nitrogen and oxygen atoms in total. The fraction of sp³-hybridized carbons (Fsp3) is 0.562. The van der Waals surface area contributed by atoms with Gasteiger partial charge in [-0.15, -0.1) is 0 Å². The average molecular weight is 293 g/mol. The number of aliphatic hydroxyl groups is 1. The van der Waals surface area contributed by atoms with Gasteiger partial charge in [0.25, 0.3) is 0 Å². The summed E-state index contributed by atoms with van der Waals surface area (Å²) in [7, 11) is 0. The molecule has 1 aromatic carbocycles. The zero-order chi connectivity index (χ0) is 15.1. The summed E-state index contributed by atoms with van der Waals surface area (Å²) in [5, 5.41) is 22.5. The largest absolute Gasteiger partial charge is 0.492 e. The zero-order valence-corrected chi connectivity index (χ0v) is 12.1. The van der Waals surface area contributed by atoms with Crippen molar-refractivity contribution in [3.63, 3.8) is 0 Å². The monoisotopic (exact) mass is 293 g/mol. The molecule has 5 heteroatoms. The molecule has 0 heterocycles. The average Bonchev–Trinajstić information content (AvgIpc) is 2.48. The summed E-state index contributed by atoms with van der Waals surface area (Å²) in [6.07, 6.45) is 2.18. The lowest BCUT2D eigenvalue weighted by Gasteiger charge is -2.34. The van der Waals surface area contributed by atoms with E-state index in [0.717, 1.165) is 5.75 Å². The molecule has 0 saturated heterocycles. The van der Waals surface area contributed by atoms with E-state index >= 15 is 0 Å². The van der Waals surface area contributed by atoms with Crippen molar-refractivity contribution < 1.29 is 19.7 Å². The molecule has 0 radical (unpaired) electrons. The number of rotatable bonds is 7. The van der Waals surface area contributed by atoms with Crippen LogP contribution < -0.4 is 10.1 Å². The quantitative estimate of drug-likeness (QED) is 0.666. The van der Waals surface area contributed by atoms with E-state index in [0.29, 0.717) is 45.4 Å². The highest BCUT2D eigenvalue weighted by atomic mass is 16.5. The van der Waals surface area contributed by atoms with E-state index in [9.17, 15) is 9.90 Å². The van der Waals surface area contributed by atoms with Gasteiger partial charge in [0.1, 0.15) is 12.4 Å². The highest BCUT2D eigenvalue weighted by Crippen LogP contribution is 2.31. The van der Waals surface area contributed by atoms with Crippen LogP contribution >= 0.6 is 0 Å². The predicted octanol–water partition coefficient (Wildman–Crippen LogP) is 1.66. The molecule has 2 rings (SSSR count). The van der Waals surface area contributed by atoms with Crippen LogP contribution in [0.4, 0.5) is 0 Å². The molecule has 0 atom stereocenters. The molecule has 0 unspecified atom stereocenters. The van der Waals surface area contributed by atoms with Gasteiger partial charge in [-0.05, 0) is 37.8 Å². The van der Waals surface area contributed by atoms with Gasteiger partial charge in [0, 0.05) is 13.1 Å². The second-order valence-electron chi connectivity index (χ2n) is 5.68. The second-order valence-corrected chi connectivity index (χ2v) is 5.68. The van der Waals surface area contributed by atoms with Crippen LogP contribution in [0.15, 0.2) is 30.3 Å². The lowest BCUT2D eigenvalue weighted by molar-refractivity contribution is -0.144. The van der Waals surface area contributed by atoms with Crippen LogP contribution in [0.2, 0.25) is 0 Å². The lowest BCUT2D eigenvalue weighted by Crippen LogP contribution is -2.45. The molecule has 21 heavy (non-hydrogen) atoms. The van der Waals surface area contributed by atoms with Crippen molar-refractivity contribution in [1.29, 1.82) is 0 Å². The Kier molecular flexibility index (Phi) is 5.59. The third-order valence-corrected chi connectivity index (χ3v) is 4.01. The third-order valence-electron chi connectivity index (χ3n) is 4.01. The van der Waals surface area contributed by atoms with Gasteiger partial charge in [-0.1, -0.05) is 18.2 Å². The Morgan fingerprint density at radius 1 is 1.29 bits per heavy atom. The van der Waals surface area contributed by atoms with Gasteiger partial charge in [-0.3, -0.25) is 4.79 Å². The highest BCUT2D eigenvalue weighted by molar-refractivity contribution is 5.70. The fourth-order valence-electron chi connectivity index (χ4n) is 2.66. The van der Waals surface area contributed by atoms with Gasteiger partial charge in [0.05, 0.1) is 11.5 Å². The first-order valence-corrected chi connectivity index (χ1v) is 7.43. The van der Waals surface area contributed by atoms with Crippen LogP contribution in [0.3, 0.4) is 0 Å². The second kappa shape index (κ2) is 7.43. The summed E-state index contributed by atoms with van der Waals surface area (Å²) in [5.74, 6) is -0.215. The Hall–Kier alpha value is -1.59. The van der Waals surface area contributed by atoms with Gasteiger partial charge < -0.3 is 20.3 Å². The van der Waals surface area contributed by atoms with Crippen LogP contribution in [-0.4, -0.2) is 41.5 Å². The number of aliphatic carboxylic acids is 1. The summed E-state index contributed by atoms with van der Waals surface area (Å²) < 4.78 is 5.55. The molecule has 1 aliphatic carbocycles. The van der Waals surface area contributed by atoms with Crippen molar-refractivity contribution in [3.8, 4) is 5.75 Å². The molecule has 0 amide bonds. The van der Waals surface area contributed by atoms with E-state index in [1.54, 1.807) is 0 Å². The number of benzene rings is 1. The maximum Gasteiger partial charge on any atom is 0.306 e. The molecule has 0 spiro atoms. The molecule has 116 valence electrons. The molecule has 0 bridgehead atoms. The standard InChI is InChI=1S/C16H23NO4/c18-15(19)13-6-8-16(20,9-7-13)12-17-10-11-21-14-4-2-1-3-5-14/h1-5,13,17,20H,6-12H2,(H,18,19). The molecule has 1 aliphatic rings. The fourth-order valence-corrected chi connectivity index (χ4v) is 2.66. The smallest absolute Gasteiger partial charge is 0.306 e. The lowest BCUT2D eigenvalue weighted by atomic mass is 9.79. The summed E-state index contributed by atoms with van der Waals surface area (Å²) in [4.78, 5) is 10.9. The highest BCUT2D eigenvalue weighted by Gasteiger charge is 2.35. The van der Waals surface area contributed by atoms with E-state index in [2.05, 4.69) is 5.32 Å². The number of hydrogen-bond donors (Lipinski definition) is 3. The van der Waals surface area contributed by atoms with Crippen LogP contribution in [0.25, 0.3) is 0 Å². The van der Waals surface area contributed by atoms with E-state index < -0.39 is 11.6 Å². The summed E-state index contributed by atoms with van der Waals surface area (Å²) in [5.41, 5.74) is -0.779. The minimum Gasteiger partial charge on any atom is -0.492 e. The van der Waals surface area contributed by atoms with Crippen LogP contribution in [0.5, 0.6) is 5.75 Å². The van der Waals surface area contributed by atoms with Crippen molar-refractivity contribution in [2.24, 2.45) is 5.92 Å². The minimum atomic E-state index is -0.779. The number of carbonyl (C=O) groups is 1. The van der Waals surface area contributed by atoms with Gasteiger partial charge in [-0.2, -0.15) is 0 Å². The van der Waals surface area contributed by atoms with Crippen molar-refractivity contribution in [3.05, 3.63) is 30.3 Å². The first-order valence-electron chi connectivity index (χ1n) is 7.43. The number of carboxylic acids is 1. The molecule has 1 aromatic rings. The molecular formula is C16H23NO4. The zero-order valence-electron chi connectivity index (χ0n) is 12.1. The summed E-state index contributed by atoms with van der Waals surface area (Å²) in [6.45, 7) is 1.68. The van der Waals surface area contributed by atoms with E-state index in [4.69, 9.17) is 9.84 Å². The Bertz CT molecular complexity index is 441. The molecule has 1 saturated carbocycles. The molecule has 0 aliphatic heterocycles. The van der Waals surface area contributed by atoms with Crippen molar-refractivity contribution >= 4 is 5.97 Å². The Labute approximate surface area is 124 Å². The summed E-state index contributed by atoms with van der Waals surface area (Å²) in [6, 6.07) is 9.59. The normalized spacial score (nSPS) is 25.5. The van der Waals surface area contributed by atoms with E-state index in [1.807, 2.05) is 30.3 Å². The van der Waals surface area contributed by atoms with Gasteiger partial charge in [0.2, 0.25) is 0 Å². The van der Waals surface area contributed by atoms with Gasteiger partial charge in [-0.25, -0.2) is 0 Å². The van der Waals surface area contributed by atoms with Crippen molar-refractivity contribution in [1.82, 2.24) is 5.32 Å². The minimum absolute atomic E-state index is 0.299. The summed E-state index contributed by atoms with van der Waals surface area (Å²) >= 11 is 0. The van der Waals surface area contributed by atoms with Gasteiger partial charge >= 0.3 is 5.97 Å². The maximum absolute atomic E-state index is 10.9. The number of hydrogen-bond acceptors (Lipinski definition) is 4.